The maximum Gasteiger partial charge on any atom is 0.123 e. The van der Waals surface area contributed by atoms with Crippen LogP contribution in [-0.2, 0) is 0 Å². The highest BCUT2D eigenvalue weighted by Gasteiger charge is 2.31. The van der Waals surface area contributed by atoms with Crippen LogP contribution in [0.3, 0.4) is 0 Å². The first kappa shape index (κ1) is 83.2. The molecule has 0 aliphatic heterocycles. The first-order chi connectivity index (χ1) is 56.3. The molecule has 0 saturated heterocycles. The van der Waals surface area contributed by atoms with Gasteiger partial charge in [-0.25, -0.2) is 0 Å². The van der Waals surface area contributed by atoms with Crippen LogP contribution in [0.15, 0.2) is 255 Å². The Kier molecular flexibility index (Phi) is 24.7. The van der Waals surface area contributed by atoms with Crippen LogP contribution >= 0.6 is 0 Å². The Morgan fingerprint density at radius 3 is 0.542 bits per heavy atom. The van der Waals surface area contributed by atoms with Crippen LogP contribution in [-0.4, -0.2) is 66.4 Å². The minimum absolute atomic E-state index is 0.0380. The first-order valence-corrected chi connectivity index (χ1v) is 41.0. The number of phenols is 13. The van der Waals surface area contributed by atoms with Crippen LogP contribution < -0.4 is 0 Å². The predicted molar refractivity (Wildman–Crippen MR) is 469 cm³/mol. The fourth-order valence-corrected chi connectivity index (χ4v) is 17.5. The van der Waals surface area contributed by atoms with Gasteiger partial charge in [0.05, 0.1) is 0 Å². The normalized spacial score (nSPS) is 15.0. The van der Waals surface area contributed by atoms with Gasteiger partial charge in [0, 0.05) is 115 Å². The lowest BCUT2D eigenvalue weighted by molar-refractivity contribution is 0.454. The van der Waals surface area contributed by atoms with Crippen molar-refractivity contribution in [1.29, 1.82) is 0 Å². The van der Waals surface area contributed by atoms with Gasteiger partial charge in [0.1, 0.15) is 74.7 Å². The number of benzene rings is 13. The van der Waals surface area contributed by atoms with Crippen LogP contribution in [0.5, 0.6) is 74.7 Å². The second-order valence-corrected chi connectivity index (χ2v) is 33.2. The van der Waals surface area contributed by atoms with Crippen molar-refractivity contribution in [2.24, 2.45) is 0 Å². The van der Waals surface area contributed by atoms with E-state index in [1.807, 2.05) is 201 Å². The molecule has 0 saturated carbocycles. The number of hydrogen-bond acceptors (Lipinski definition) is 13. The molecule has 0 fully saturated rings. The Morgan fingerprint density at radius 1 is 0.161 bits per heavy atom. The average Bonchev–Trinajstić information content (AvgIpc) is 0.778. The Morgan fingerprint density at radius 2 is 0.314 bits per heavy atom. The minimum atomic E-state index is -0.455. The number of aromatic hydroxyl groups is 13. The van der Waals surface area contributed by atoms with Crippen molar-refractivity contribution in [3.05, 3.63) is 383 Å². The SMILES string of the molecule is CC(CC(CC(C)c1ccc(O)c(C(C)c2cc(C(C)c3ccc(O)c(C(C)c4ccc(O)cc4)c3)c(O)c(C(C)c3ccc(O)c(C(C)c4ccc(O)c(C(C)c5ccc(O)cc5)c4)c3)c2)c1)c1ccc(O)cc1)c1ccc(O)c(C(C)c2ccc(O)c(C(C)c3cc(C(C)c4ccc(O)cc4)c(O)c(C(C)c4ccc(O)cc4)c3)c2)c1. The quantitative estimate of drug-likeness (QED) is 0.0229. The summed E-state index contributed by atoms with van der Waals surface area (Å²) in [6.07, 6.45) is 1.37. The van der Waals surface area contributed by atoms with E-state index in [1.54, 1.807) is 97.1 Å². The number of phenolic OH excluding ortho intramolecular Hbond substituents is 13. The van der Waals surface area contributed by atoms with Gasteiger partial charge < -0.3 is 66.4 Å². The summed E-state index contributed by atoms with van der Waals surface area (Å²) >= 11 is 0. The van der Waals surface area contributed by atoms with E-state index in [-0.39, 0.29) is 134 Å². The van der Waals surface area contributed by atoms with Gasteiger partial charge in [-0.1, -0.05) is 241 Å². The number of hydrogen-bond donors (Lipinski definition) is 13. The molecule has 0 aromatic heterocycles. The van der Waals surface area contributed by atoms with Crippen molar-refractivity contribution in [2.45, 2.75) is 173 Å². The van der Waals surface area contributed by atoms with E-state index >= 15 is 0 Å². The second kappa shape index (κ2) is 35.0. The lowest BCUT2D eigenvalue weighted by Crippen LogP contribution is -2.10. The largest absolute Gasteiger partial charge is 0.508 e. The topological polar surface area (TPSA) is 263 Å². The molecular formula is C105H108O13. The minimum Gasteiger partial charge on any atom is -0.508 e. The van der Waals surface area contributed by atoms with Crippen LogP contribution in [0.25, 0.3) is 0 Å². The molecule has 606 valence electrons. The van der Waals surface area contributed by atoms with Crippen molar-refractivity contribution >= 4 is 0 Å². The Hall–Kier alpha value is -12.7. The third kappa shape index (κ3) is 17.7. The highest BCUT2D eigenvalue weighted by atomic mass is 16.3. The van der Waals surface area contributed by atoms with E-state index < -0.39 is 17.8 Å². The number of rotatable bonds is 27. The first-order valence-electron chi connectivity index (χ1n) is 41.0. The van der Waals surface area contributed by atoms with E-state index in [0.29, 0.717) is 62.9 Å². The van der Waals surface area contributed by atoms with E-state index in [4.69, 9.17) is 0 Å². The van der Waals surface area contributed by atoms with E-state index in [0.717, 1.165) is 77.9 Å². The fourth-order valence-electron chi connectivity index (χ4n) is 17.5. The molecule has 13 aromatic carbocycles. The monoisotopic (exact) mass is 1580 g/mol. The standard InChI is InChI=1S/C105H108O13/c1-57(74-23-39-98(111)88(47-74)63(7)77-26-42-103(116)93(50-77)68(12)80-53-94(61(5)71-17-33-85(108)34-18-71)104(117)95(54-80)62(6)72-19-35-86(109)36-20-72)45-82(73-21-37-87(110)38-22-73)46-58(2)75-24-40-99(112)89(48-75)67(11)81-55-96(65(9)78-27-43-101(114)91(51-78)60(4)70-15-31-84(107)32-16-70)105(118)97(56-81)66(10)79-28-44-102(115)92(52-79)64(8)76-25-41-100(113)90(49-76)59(3)69-13-29-83(106)30-14-69/h13-44,47-68,82,106-118H,45-46H2,1-12H3. The van der Waals surface area contributed by atoms with Gasteiger partial charge in [0.15, 0.2) is 0 Å². The van der Waals surface area contributed by atoms with E-state index in [9.17, 15) is 66.4 Å². The third-order valence-electron chi connectivity index (χ3n) is 25.7. The summed E-state index contributed by atoms with van der Waals surface area (Å²) < 4.78 is 0. The molecular weight excluding hydrogens is 1470 g/mol. The molecule has 13 nitrogen and oxygen atoms in total. The molecule has 13 N–H and O–H groups in total. The average molecular weight is 1580 g/mol. The van der Waals surface area contributed by atoms with Crippen LogP contribution in [0.1, 0.15) is 301 Å². The van der Waals surface area contributed by atoms with Crippen molar-refractivity contribution in [1.82, 2.24) is 0 Å². The van der Waals surface area contributed by atoms with Crippen LogP contribution in [0.2, 0.25) is 0 Å². The highest BCUT2D eigenvalue weighted by molar-refractivity contribution is 5.61. The maximum absolute atomic E-state index is 13.0. The molecule has 0 aliphatic rings. The van der Waals surface area contributed by atoms with Gasteiger partial charge in [-0.2, -0.15) is 0 Å². The van der Waals surface area contributed by atoms with Crippen molar-refractivity contribution in [3.63, 3.8) is 0 Å². The Labute approximate surface area is 692 Å². The molecule has 13 rings (SSSR count). The van der Waals surface area contributed by atoms with Gasteiger partial charge in [-0.15, -0.1) is 0 Å². The molecule has 0 amide bonds. The molecule has 0 heterocycles. The summed E-state index contributed by atoms with van der Waals surface area (Å²) in [5.74, 6) is -1.96. The van der Waals surface area contributed by atoms with Crippen LogP contribution in [0.4, 0.5) is 0 Å². The molecule has 0 radical (unpaired) electrons. The lowest BCUT2D eigenvalue weighted by Gasteiger charge is -2.27. The van der Waals surface area contributed by atoms with Gasteiger partial charge in [0.2, 0.25) is 0 Å². The summed E-state index contributed by atoms with van der Waals surface area (Å²) in [6.45, 7) is 24.7. The zero-order valence-electron chi connectivity index (χ0n) is 69.0. The zero-order chi connectivity index (χ0) is 84.4. The predicted octanol–water partition coefficient (Wildman–Crippen LogP) is 24.8. The second-order valence-electron chi connectivity index (χ2n) is 33.2. The molecule has 0 aliphatic carbocycles. The van der Waals surface area contributed by atoms with Gasteiger partial charge in [-0.3, -0.25) is 0 Å². The molecule has 13 unspecified atom stereocenters. The summed E-state index contributed by atoms with van der Waals surface area (Å²) in [4.78, 5) is 0. The smallest absolute Gasteiger partial charge is 0.123 e. The van der Waals surface area contributed by atoms with Gasteiger partial charge in [0.25, 0.3) is 0 Å². The summed E-state index contributed by atoms with van der Waals surface area (Å²) in [7, 11) is 0. The van der Waals surface area contributed by atoms with E-state index in [1.165, 1.54) is 0 Å². The molecule has 118 heavy (non-hydrogen) atoms. The highest BCUT2D eigenvalue weighted by Crippen LogP contribution is 2.50. The molecule has 13 atom stereocenters. The molecule has 0 bridgehead atoms. The summed E-state index contributed by atoms with van der Waals surface area (Å²) in [5.41, 5.74) is 18.5. The van der Waals surface area contributed by atoms with Gasteiger partial charge >= 0.3 is 0 Å². The summed E-state index contributed by atoms with van der Waals surface area (Å²) in [5, 5.41) is 147. The van der Waals surface area contributed by atoms with Gasteiger partial charge in [-0.05, 0) is 200 Å². The zero-order valence-corrected chi connectivity index (χ0v) is 69.0. The maximum atomic E-state index is 13.0. The Bertz CT molecular complexity index is 5660. The Balaban J connectivity index is 0.797. The lowest BCUT2D eigenvalue weighted by atomic mass is 9.78. The fraction of sp³-hybridized carbons (Fsp3) is 0.257. The summed E-state index contributed by atoms with van der Waals surface area (Å²) in [6, 6.07) is 77.1. The van der Waals surface area contributed by atoms with Crippen molar-refractivity contribution in [2.75, 3.05) is 0 Å². The third-order valence-corrected chi connectivity index (χ3v) is 25.7. The van der Waals surface area contributed by atoms with Crippen LogP contribution in [0, 0.1) is 0 Å². The van der Waals surface area contributed by atoms with E-state index in [2.05, 4.69) is 39.8 Å². The van der Waals surface area contributed by atoms with Crippen molar-refractivity contribution in [3.8, 4) is 74.7 Å². The molecule has 13 aromatic rings. The molecule has 13 heteroatoms. The molecule has 0 spiro atoms. The van der Waals surface area contributed by atoms with Crippen molar-refractivity contribution < 1.29 is 66.4 Å².